The van der Waals surface area contributed by atoms with Crippen LogP contribution >= 0.6 is 0 Å². The Labute approximate surface area is 180 Å². The standard InChI is InChI=1S/C10H16N2O8.2Na.2H2O/c11-9(1-5(13)14,2-6(15)16)10(12,3-7(17)18)4-8(19)20;;;;/h1-4,11-12H2,(H,13,14)(H,15,16)(H,17,18)(H,19,20);;;2*1H2/q;2*+1;;/p-4. The average molecular weight is 370 g/mol. The first-order chi connectivity index (χ1) is 8.92. The molecule has 0 saturated heterocycles. The number of carboxylic acid groups (broad SMARTS) is 4. The van der Waals surface area contributed by atoms with Crippen LogP contribution in [0.4, 0.5) is 0 Å². The molecule has 0 amide bonds. The molecule has 0 radical (unpaired) electrons. The van der Waals surface area contributed by atoms with Crippen LogP contribution in [0.2, 0.25) is 0 Å². The second-order valence-electron chi connectivity index (χ2n) is 4.51. The minimum atomic E-state index is -2.43. The second-order valence-corrected chi connectivity index (χ2v) is 4.51. The molecule has 0 bridgehead atoms. The van der Waals surface area contributed by atoms with Gasteiger partial charge in [0.25, 0.3) is 0 Å². The van der Waals surface area contributed by atoms with E-state index in [1.807, 2.05) is 0 Å². The van der Waals surface area contributed by atoms with Gasteiger partial charge in [-0.1, -0.05) is 0 Å². The summed E-state index contributed by atoms with van der Waals surface area (Å²) in [5.74, 6) is -7.33. The Kier molecular flexibility index (Phi) is 20.3. The molecule has 0 aromatic rings. The Morgan fingerprint density at radius 2 is 0.708 bits per heavy atom. The van der Waals surface area contributed by atoms with Gasteiger partial charge in [-0.3, -0.25) is 0 Å². The molecule has 0 saturated carbocycles. The number of aliphatic carboxylic acids is 4. The number of rotatable bonds is 9. The maximum Gasteiger partial charge on any atom is 1.00 e. The Balaban J connectivity index is -0.000000301. The third-order valence-electron chi connectivity index (χ3n) is 2.83. The van der Waals surface area contributed by atoms with Crippen LogP contribution in [0.3, 0.4) is 0 Å². The minimum Gasteiger partial charge on any atom is -0.550 e. The predicted octanol–water partition coefficient (Wildman–Crippen LogP) is -14.7. The van der Waals surface area contributed by atoms with Gasteiger partial charge in [-0.25, -0.2) is 0 Å². The number of nitrogens with two attached hydrogens (primary N) is 2. The fourth-order valence-electron chi connectivity index (χ4n) is 1.86. The Hall–Kier alpha value is -0.280. The van der Waals surface area contributed by atoms with Gasteiger partial charge in [-0.2, -0.15) is 0 Å². The summed E-state index contributed by atoms with van der Waals surface area (Å²) in [7, 11) is 0. The largest absolute Gasteiger partial charge is 1.00 e. The van der Waals surface area contributed by atoms with Crippen LogP contribution in [0.25, 0.3) is 0 Å². The van der Waals surface area contributed by atoms with Gasteiger partial charge in [0, 0.05) is 60.6 Å². The molecular formula is C10H16N2Na2O10-2. The van der Waals surface area contributed by atoms with Gasteiger partial charge in [0.15, 0.2) is 0 Å². The summed E-state index contributed by atoms with van der Waals surface area (Å²) in [4.78, 5) is 42.5. The minimum absolute atomic E-state index is 0. The molecule has 0 spiro atoms. The van der Waals surface area contributed by atoms with Crippen molar-refractivity contribution < 1.29 is 110 Å². The molecule has 12 nitrogen and oxygen atoms in total. The van der Waals surface area contributed by atoms with E-state index >= 15 is 0 Å². The van der Waals surface area contributed by atoms with Gasteiger partial charge in [0.05, 0.1) is 0 Å². The summed E-state index contributed by atoms with van der Waals surface area (Å²) < 4.78 is 0. The number of carbonyl (C=O) groups excluding carboxylic acids is 4. The van der Waals surface area contributed by atoms with E-state index in [2.05, 4.69) is 0 Å². The Morgan fingerprint density at radius 1 is 0.583 bits per heavy atom. The topological polar surface area (TPSA) is 276 Å². The molecule has 8 N–H and O–H groups in total. The van der Waals surface area contributed by atoms with E-state index < -0.39 is 60.6 Å². The Bertz CT molecular complexity index is 373. The first kappa shape index (κ1) is 34.9. The molecule has 24 heavy (non-hydrogen) atoms. The fourth-order valence-corrected chi connectivity index (χ4v) is 1.86. The SMILES string of the molecule is NC(CC(=O)[O-])(CC(=O)[O-])C(N)(CC(=O)[O-])CC(=O)[O-].O.O.[Na+].[Na+]. The van der Waals surface area contributed by atoms with Gasteiger partial charge in [-0.15, -0.1) is 0 Å². The third kappa shape index (κ3) is 11.3. The normalized spacial score (nSPS) is 9.92. The predicted molar refractivity (Wildman–Crippen MR) is 59.6 cm³/mol. The zero-order chi connectivity index (χ0) is 16.1. The molecule has 0 aliphatic rings. The van der Waals surface area contributed by atoms with Crippen molar-refractivity contribution in [3.63, 3.8) is 0 Å². The number of carboxylic acids is 4. The van der Waals surface area contributed by atoms with Crippen LogP contribution in [0.5, 0.6) is 0 Å². The molecule has 0 aromatic heterocycles. The molecule has 0 aliphatic carbocycles. The molecule has 0 atom stereocenters. The van der Waals surface area contributed by atoms with E-state index in [4.69, 9.17) is 11.5 Å². The first-order valence-electron chi connectivity index (χ1n) is 5.29. The number of hydrogen-bond acceptors (Lipinski definition) is 10. The third-order valence-corrected chi connectivity index (χ3v) is 2.83. The van der Waals surface area contributed by atoms with Crippen molar-refractivity contribution in [2.24, 2.45) is 11.5 Å². The quantitative estimate of drug-likeness (QED) is 0.361. The van der Waals surface area contributed by atoms with E-state index in [-0.39, 0.29) is 70.1 Å². The van der Waals surface area contributed by atoms with Crippen LogP contribution in [0.1, 0.15) is 25.7 Å². The molecule has 14 heteroatoms. The molecule has 0 heterocycles. The summed E-state index contributed by atoms with van der Waals surface area (Å²) in [6.45, 7) is 0. The van der Waals surface area contributed by atoms with Crippen molar-refractivity contribution in [2.45, 2.75) is 36.8 Å². The van der Waals surface area contributed by atoms with Crippen molar-refractivity contribution in [3.8, 4) is 0 Å². The van der Waals surface area contributed by atoms with Gasteiger partial charge >= 0.3 is 59.1 Å². The van der Waals surface area contributed by atoms with Gasteiger partial charge in [-0.05, 0) is 0 Å². The van der Waals surface area contributed by atoms with Crippen LogP contribution in [0, 0.1) is 0 Å². The Morgan fingerprint density at radius 3 is 0.792 bits per heavy atom. The average Bonchev–Trinajstić information content (AvgIpc) is 2.10. The van der Waals surface area contributed by atoms with E-state index in [0.717, 1.165) is 0 Å². The van der Waals surface area contributed by atoms with Gasteiger partial charge in [0.1, 0.15) is 0 Å². The monoisotopic (exact) mass is 370 g/mol. The summed E-state index contributed by atoms with van der Waals surface area (Å²) in [5, 5.41) is 42.5. The molecule has 130 valence electrons. The van der Waals surface area contributed by atoms with E-state index in [0.29, 0.717) is 0 Å². The van der Waals surface area contributed by atoms with Crippen LogP contribution in [0.15, 0.2) is 0 Å². The summed E-state index contributed by atoms with van der Waals surface area (Å²) in [5.41, 5.74) is 6.20. The van der Waals surface area contributed by atoms with E-state index in [1.54, 1.807) is 0 Å². The first-order valence-corrected chi connectivity index (χ1v) is 5.29. The van der Waals surface area contributed by atoms with Gasteiger partial charge < -0.3 is 62.0 Å². The van der Waals surface area contributed by atoms with Crippen LogP contribution in [-0.2, 0) is 19.2 Å². The number of hydrogen-bond donors (Lipinski definition) is 2. The maximum atomic E-state index is 10.6. The van der Waals surface area contributed by atoms with Crippen LogP contribution in [-0.4, -0.2) is 45.9 Å². The molecular weight excluding hydrogens is 354 g/mol. The molecule has 0 unspecified atom stereocenters. The van der Waals surface area contributed by atoms with Crippen molar-refractivity contribution in [1.82, 2.24) is 0 Å². The maximum absolute atomic E-state index is 10.6. The van der Waals surface area contributed by atoms with E-state index in [9.17, 15) is 39.6 Å². The van der Waals surface area contributed by atoms with E-state index in [1.165, 1.54) is 0 Å². The van der Waals surface area contributed by atoms with Crippen molar-refractivity contribution >= 4 is 23.9 Å². The smallest absolute Gasteiger partial charge is 0.550 e. The molecule has 0 aliphatic heterocycles. The molecule has 0 aromatic carbocycles. The zero-order valence-corrected chi connectivity index (χ0v) is 17.2. The van der Waals surface area contributed by atoms with Crippen molar-refractivity contribution in [2.75, 3.05) is 0 Å². The second kappa shape index (κ2) is 13.9. The van der Waals surface area contributed by atoms with Gasteiger partial charge in [0.2, 0.25) is 0 Å². The summed E-state index contributed by atoms with van der Waals surface area (Å²) in [6, 6.07) is 0. The van der Waals surface area contributed by atoms with Crippen molar-refractivity contribution in [3.05, 3.63) is 0 Å². The summed E-state index contributed by atoms with van der Waals surface area (Å²) >= 11 is 0. The molecule has 0 rings (SSSR count). The molecule has 0 fully saturated rings. The zero-order valence-electron chi connectivity index (χ0n) is 13.2. The van der Waals surface area contributed by atoms with Crippen molar-refractivity contribution in [1.29, 1.82) is 0 Å². The fraction of sp³-hybridized carbons (Fsp3) is 0.600. The number of carbonyl (C=O) groups is 4. The summed E-state index contributed by atoms with van der Waals surface area (Å²) in [6.07, 6.45) is -4.73. The van der Waals surface area contributed by atoms with Crippen LogP contribution < -0.4 is 91.0 Å².